The third-order valence-corrected chi connectivity index (χ3v) is 3.54. The summed E-state index contributed by atoms with van der Waals surface area (Å²) in [6, 6.07) is 14.8. The summed E-state index contributed by atoms with van der Waals surface area (Å²) in [6.45, 7) is 2.02. The fraction of sp³-hybridized carbons (Fsp3) is 0.250. The van der Waals surface area contributed by atoms with Crippen LogP contribution in [-0.4, -0.2) is 13.7 Å². The monoisotopic (exact) mass is 275 g/mol. The van der Waals surface area contributed by atoms with Crippen LogP contribution in [0.4, 0.5) is 0 Å². The summed E-state index contributed by atoms with van der Waals surface area (Å²) in [4.78, 5) is 0. The van der Waals surface area contributed by atoms with Gasteiger partial charge >= 0.3 is 0 Å². The number of para-hydroxylation sites is 1. The predicted molar refractivity (Wildman–Crippen MR) is 81.1 cm³/mol. The van der Waals surface area contributed by atoms with E-state index in [-0.39, 0.29) is 12.4 Å². The zero-order chi connectivity index (χ0) is 12.4. The van der Waals surface area contributed by atoms with Crippen LogP contribution in [0.25, 0.3) is 11.1 Å². The molecular weight excluding hydrogens is 258 g/mol. The van der Waals surface area contributed by atoms with E-state index in [1.807, 2.05) is 12.1 Å². The number of nitrogens with one attached hydrogen (secondary N) is 1. The lowest BCUT2D eigenvalue weighted by atomic mass is 9.91. The Kier molecular flexibility index (Phi) is 4.46. The van der Waals surface area contributed by atoms with Gasteiger partial charge in [0.25, 0.3) is 0 Å². The second-order valence-electron chi connectivity index (χ2n) is 4.57. The summed E-state index contributed by atoms with van der Waals surface area (Å²) in [7, 11) is 1.73. The van der Waals surface area contributed by atoms with Crippen molar-refractivity contribution in [3.63, 3.8) is 0 Å². The molecule has 1 aliphatic heterocycles. The van der Waals surface area contributed by atoms with Crippen LogP contribution >= 0.6 is 12.4 Å². The van der Waals surface area contributed by atoms with Crippen LogP contribution in [0.3, 0.4) is 0 Å². The number of benzene rings is 2. The van der Waals surface area contributed by atoms with Crippen LogP contribution in [-0.2, 0) is 13.0 Å². The predicted octanol–water partition coefficient (Wildman–Crippen LogP) is 3.43. The number of ether oxygens (including phenoxy) is 1. The van der Waals surface area contributed by atoms with Crippen molar-refractivity contribution < 1.29 is 4.74 Å². The molecule has 1 N–H and O–H groups in total. The smallest absolute Gasteiger partial charge is 0.126 e. The zero-order valence-electron chi connectivity index (χ0n) is 11.0. The first-order valence-electron chi connectivity index (χ1n) is 6.35. The van der Waals surface area contributed by atoms with E-state index in [1.165, 1.54) is 22.3 Å². The molecule has 0 radical (unpaired) electrons. The van der Waals surface area contributed by atoms with Crippen LogP contribution < -0.4 is 10.1 Å². The lowest BCUT2D eigenvalue weighted by Gasteiger charge is -2.21. The van der Waals surface area contributed by atoms with Crippen molar-refractivity contribution in [2.24, 2.45) is 0 Å². The molecule has 100 valence electrons. The second-order valence-corrected chi connectivity index (χ2v) is 4.57. The Balaban J connectivity index is 0.00000133. The molecule has 0 bridgehead atoms. The third kappa shape index (κ3) is 2.60. The minimum atomic E-state index is 0. The van der Waals surface area contributed by atoms with Gasteiger partial charge in [0.05, 0.1) is 7.11 Å². The first kappa shape index (κ1) is 13.9. The molecule has 2 aromatic rings. The standard InChI is InChI=1S/C16H17NO.ClH/c1-18-16-8-3-2-6-14(16)13-7-4-5-12-9-10-17-11-15(12)13;/h2-8,17H,9-11H2,1H3;1H. The lowest BCUT2D eigenvalue weighted by molar-refractivity contribution is 0.416. The molecule has 3 rings (SSSR count). The van der Waals surface area contributed by atoms with Crippen LogP contribution in [0.2, 0.25) is 0 Å². The van der Waals surface area contributed by atoms with E-state index >= 15 is 0 Å². The van der Waals surface area contributed by atoms with Gasteiger partial charge in [-0.3, -0.25) is 0 Å². The number of hydrogen-bond donors (Lipinski definition) is 1. The first-order chi connectivity index (χ1) is 8.90. The molecule has 0 amide bonds. The Morgan fingerprint density at radius 2 is 1.79 bits per heavy atom. The van der Waals surface area contributed by atoms with E-state index in [9.17, 15) is 0 Å². The average molecular weight is 276 g/mol. The van der Waals surface area contributed by atoms with Gasteiger partial charge in [-0.05, 0) is 35.7 Å². The van der Waals surface area contributed by atoms with E-state index in [1.54, 1.807) is 7.11 Å². The van der Waals surface area contributed by atoms with E-state index in [0.29, 0.717) is 0 Å². The van der Waals surface area contributed by atoms with Gasteiger partial charge in [-0.25, -0.2) is 0 Å². The molecular formula is C16H18ClNO. The van der Waals surface area contributed by atoms with Gasteiger partial charge in [-0.2, -0.15) is 0 Å². The summed E-state index contributed by atoms with van der Waals surface area (Å²) in [5, 5.41) is 3.45. The summed E-state index contributed by atoms with van der Waals surface area (Å²) < 4.78 is 5.47. The van der Waals surface area contributed by atoms with E-state index in [4.69, 9.17) is 4.74 Å². The normalized spacial score (nSPS) is 13.3. The number of halogens is 1. The topological polar surface area (TPSA) is 21.3 Å². The van der Waals surface area contributed by atoms with Crippen molar-refractivity contribution in [2.75, 3.05) is 13.7 Å². The summed E-state index contributed by atoms with van der Waals surface area (Å²) in [6.07, 6.45) is 1.11. The molecule has 19 heavy (non-hydrogen) atoms. The highest BCUT2D eigenvalue weighted by molar-refractivity contribution is 5.85. The minimum Gasteiger partial charge on any atom is -0.496 e. The van der Waals surface area contributed by atoms with Gasteiger partial charge in [0.2, 0.25) is 0 Å². The molecule has 1 aliphatic rings. The molecule has 3 heteroatoms. The largest absolute Gasteiger partial charge is 0.496 e. The fourth-order valence-electron chi connectivity index (χ4n) is 2.63. The van der Waals surface area contributed by atoms with Crippen LogP contribution in [0.5, 0.6) is 5.75 Å². The van der Waals surface area contributed by atoms with E-state index in [2.05, 4.69) is 35.6 Å². The molecule has 0 unspecified atom stereocenters. The number of rotatable bonds is 2. The Morgan fingerprint density at radius 1 is 1.00 bits per heavy atom. The molecule has 0 aromatic heterocycles. The van der Waals surface area contributed by atoms with Crippen molar-refractivity contribution in [1.29, 1.82) is 0 Å². The summed E-state index contributed by atoms with van der Waals surface area (Å²) in [5.74, 6) is 0.941. The number of hydrogen-bond acceptors (Lipinski definition) is 2. The molecule has 0 atom stereocenters. The minimum absolute atomic E-state index is 0. The van der Waals surface area contributed by atoms with Gasteiger partial charge in [-0.15, -0.1) is 12.4 Å². The third-order valence-electron chi connectivity index (χ3n) is 3.54. The molecule has 1 heterocycles. The highest BCUT2D eigenvalue weighted by atomic mass is 35.5. The van der Waals surface area contributed by atoms with Gasteiger partial charge in [0.15, 0.2) is 0 Å². The van der Waals surface area contributed by atoms with E-state index < -0.39 is 0 Å². The molecule has 2 nitrogen and oxygen atoms in total. The van der Waals surface area contributed by atoms with Gasteiger partial charge < -0.3 is 10.1 Å². The highest BCUT2D eigenvalue weighted by Gasteiger charge is 2.15. The number of fused-ring (bicyclic) bond motifs is 1. The molecule has 0 fully saturated rings. The maximum atomic E-state index is 5.47. The Hall–Kier alpha value is -1.51. The Labute approximate surface area is 120 Å². The molecule has 0 saturated carbocycles. The van der Waals surface area contributed by atoms with Crippen molar-refractivity contribution in [3.05, 3.63) is 53.6 Å². The lowest BCUT2D eigenvalue weighted by Crippen LogP contribution is -2.24. The Bertz CT molecular complexity index is 568. The van der Waals surface area contributed by atoms with E-state index in [0.717, 1.165) is 25.3 Å². The maximum absolute atomic E-state index is 5.47. The molecule has 0 saturated heterocycles. The van der Waals surface area contributed by atoms with Crippen LogP contribution in [0, 0.1) is 0 Å². The van der Waals surface area contributed by atoms with Crippen molar-refractivity contribution in [1.82, 2.24) is 5.32 Å². The second kappa shape index (κ2) is 6.09. The van der Waals surface area contributed by atoms with Crippen molar-refractivity contribution >= 4 is 12.4 Å². The van der Waals surface area contributed by atoms with Gasteiger partial charge in [0, 0.05) is 12.1 Å². The van der Waals surface area contributed by atoms with Gasteiger partial charge in [0.1, 0.15) is 5.75 Å². The van der Waals surface area contributed by atoms with Crippen LogP contribution in [0.1, 0.15) is 11.1 Å². The van der Waals surface area contributed by atoms with Gasteiger partial charge in [-0.1, -0.05) is 36.4 Å². The number of methoxy groups -OCH3 is 1. The quantitative estimate of drug-likeness (QED) is 0.907. The summed E-state index contributed by atoms with van der Waals surface area (Å²) >= 11 is 0. The maximum Gasteiger partial charge on any atom is 0.126 e. The molecule has 0 aliphatic carbocycles. The Morgan fingerprint density at radius 3 is 2.63 bits per heavy atom. The van der Waals surface area contributed by atoms with Crippen molar-refractivity contribution in [2.45, 2.75) is 13.0 Å². The first-order valence-corrected chi connectivity index (χ1v) is 6.35. The zero-order valence-corrected chi connectivity index (χ0v) is 11.8. The van der Waals surface area contributed by atoms with Crippen molar-refractivity contribution in [3.8, 4) is 16.9 Å². The SMILES string of the molecule is COc1ccccc1-c1cccc2c1CNCC2.Cl. The molecule has 0 spiro atoms. The van der Waals surface area contributed by atoms with Crippen LogP contribution in [0.15, 0.2) is 42.5 Å². The summed E-state index contributed by atoms with van der Waals surface area (Å²) in [5.41, 5.74) is 5.34. The fourth-order valence-corrected chi connectivity index (χ4v) is 2.63. The molecule has 2 aromatic carbocycles. The highest BCUT2D eigenvalue weighted by Crippen LogP contribution is 2.34. The average Bonchev–Trinajstić information content (AvgIpc) is 2.46.